The molecule has 0 spiro atoms. The molecule has 1 aromatic rings. The molecular formula is C15H22O. The number of carbonyl (C=O) groups is 1. The summed E-state index contributed by atoms with van der Waals surface area (Å²) < 4.78 is 0. The van der Waals surface area contributed by atoms with Gasteiger partial charge in [0.05, 0.1) is 0 Å². The SMILES string of the molecule is CC.CC(=O)/C(C)=C/c1ccc(C)c(C)c1. The lowest BCUT2D eigenvalue weighted by Gasteiger charge is -2.01. The van der Waals surface area contributed by atoms with Gasteiger partial charge in [0.25, 0.3) is 0 Å². The van der Waals surface area contributed by atoms with Gasteiger partial charge in [-0.05, 0) is 56.0 Å². The third kappa shape index (κ3) is 4.43. The monoisotopic (exact) mass is 218 g/mol. The van der Waals surface area contributed by atoms with Crippen LogP contribution in [0.4, 0.5) is 0 Å². The lowest BCUT2D eigenvalue weighted by Crippen LogP contribution is -1.91. The maximum Gasteiger partial charge on any atom is 0.155 e. The first-order valence-electron chi connectivity index (χ1n) is 5.77. The molecule has 0 aromatic heterocycles. The van der Waals surface area contributed by atoms with E-state index in [1.807, 2.05) is 32.9 Å². The van der Waals surface area contributed by atoms with Crippen LogP contribution in [0.25, 0.3) is 6.08 Å². The van der Waals surface area contributed by atoms with Gasteiger partial charge in [0.15, 0.2) is 5.78 Å². The van der Waals surface area contributed by atoms with Crippen LogP contribution in [0.1, 0.15) is 44.4 Å². The van der Waals surface area contributed by atoms with Crippen molar-refractivity contribution in [2.24, 2.45) is 0 Å². The summed E-state index contributed by atoms with van der Waals surface area (Å²) in [5, 5.41) is 0. The Bertz CT molecular complexity index is 386. The fourth-order valence-electron chi connectivity index (χ4n) is 1.21. The van der Waals surface area contributed by atoms with Crippen molar-refractivity contribution < 1.29 is 4.79 Å². The zero-order chi connectivity index (χ0) is 12.7. The quantitative estimate of drug-likeness (QED) is 0.675. The largest absolute Gasteiger partial charge is 0.295 e. The highest BCUT2D eigenvalue weighted by Gasteiger charge is 1.97. The maximum atomic E-state index is 11.0. The molecule has 16 heavy (non-hydrogen) atoms. The van der Waals surface area contributed by atoms with Gasteiger partial charge in [-0.15, -0.1) is 0 Å². The van der Waals surface area contributed by atoms with Crippen molar-refractivity contribution in [2.45, 2.75) is 41.5 Å². The van der Waals surface area contributed by atoms with Crippen molar-refractivity contribution in [3.05, 3.63) is 40.5 Å². The molecule has 1 aromatic carbocycles. The Morgan fingerprint density at radius 3 is 2.06 bits per heavy atom. The van der Waals surface area contributed by atoms with Crippen LogP contribution in [0.2, 0.25) is 0 Å². The maximum absolute atomic E-state index is 11.0. The Hall–Kier alpha value is -1.37. The summed E-state index contributed by atoms with van der Waals surface area (Å²) in [6.07, 6.45) is 1.93. The van der Waals surface area contributed by atoms with Gasteiger partial charge in [-0.3, -0.25) is 4.79 Å². The minimum atomic E-state index is 0.128. The summed E-state index contributed by atoms with van der Waals surface area (Å²) in [5.74, 6) is 0.128. The third-order valence-corrected chi connectivity index (χ3v) is 2.47. The molecule has 0 aliphatic rings. The van der Waals surface area contributed by atoms with Crippen molar-refractivity contribution >= 4 is 11.9 Å². The van der Waals surface area contributed by atoms with Crippen LogP contribution in [0.15, 0.2) is 23.8 Å². The number of carbonyl (C=O) groups excluding carboxylic acids is 1. The summed E-state index contributed by atoms with van der Waals surface area (Å²) >= 11 is 0. The minimum Gasteiger partial charge on any atom is -0.295 e. The van der Waals surface area contributed by atoms with Crippen LogP contribution in [0.5, 0.6) is 0 Å². The fourth-order valence-corrected chi connectivity index (χ4v) is 1.21. The Morgan fingerprint density at radius 2 is 1.62 bits per heavy atom. The van der Waals surface area contributed by atoms with Gasteiger partial charge in [0.1, 0.15) is 0 Å². The van der Waals surface area contributed by atoms with Crippen LogP contribution in [0.3, 0.4) is 0 Å². The van der Waals surface area contributed by atoms with E-state index in [4.69, 9.17) is 0 Å². The molecule has 0 radical (unpaired) electrons. The number of ketones is 1. The van der Waals surface area contributed by atoms with E-state index in [9.17, 15) is 4.79 Å². The first kappa shape index (κ1) is 14.6. The van der Waals surface area contributed by atoms with Crippen LogP contribution in [0, 0.1) is 13.8 Å². The molecule has 0 saturated heterocycles. The average molecular weight is 218 g/mol. The second kappa shape index (κ2) is 7.00. The first-order valence-corrected chi connectivity index (χ1v) is 5.77. The van der Waals surface area contributed by atoms with Gasteiger partial charge in [-0.1, -0.05) is 32.0 Å². The van der Waals surface area contributed by atoms with E-state index in [-0.39, 0.29) is 5.78 Å². The summed E-state index contributed by atoms with van der Waals surface area (Å²) in [5.41, 5.74) is 4.44. The topological polar surface area (TPSA) is 17.1 Å². The molecule has 0 fully saturated rings. The molecule has 0 aliphatic heterocycles. The van der Waals surface area contributed by atoms with Crippen LogP contribution in [-0.4, -0.2) is 5.78 Å². The van der Waals surface area contributed by atoms with E-state index in [0.29, 0.717) is 0 Å². The summed E-state index contributed by atoms with van der Waals surface area (Å²) in [4.78, 5) is 11.0. The lowest BCUT2D eigenvalue weighted by atomic mass is 10.0. The van der Waals surface area contributed by atoms with E-state index in [2.05, 4.69) is 26.0 Å². The van der Waals surface area contributed by atoms with E-state index in [0.717, 1.165) is 11.1 Å². The Balaban J connectivity index is 0.00000106. The molecule has 0 amide bonds. The normalized spacial score (nSPS) is 10.5. The predicted octanol–water partition coefficient (Wildman–Crippen LogP) is 4.32. The Kier molecular flexibility index (Phi) is 6.40. The van der Waals surface area contributed by atoms with Gasteiger partial charge in [-0.25, -0.2) is 0 Å². The van der Waals surface area contributed by atoms with Crippen molar-refractivity contribution in [2.75, 3.05) is 0 Å². The Labute approximate surface area is 99.2 Å². The molecule has 0 atom stereocenters. The molecule has 0 bridgehead atoms. The smallest absolute Gasteiger partial charge is 0.155 e. The van der Waals surface area contributed by atoms with Crippen LogP contribution in [-0.2, 0) is 4.79 Å². The molecule has 88 valence electrons. The molecule has 1 heteroatoms. The van der Waals surface area contributed by atoms with Crippen LogP contribution < -0.4 is 0 Å². The molecule has 0 saturated carbocycles. The number of aryl methyl sites for hydroxylation is 2. The molecule has 1 nitrogen and oxygen atoms in total. The number of allylic oxidation sites excluding steroid dienone is 1. The van der Waals surface area contributed by atoms with Gasteiger partial charge >= 0.3 is 0 Å². The first-order chi connectivity index (χ1) is 7.50. The summed E-state index contributed by atoms with van der Waals surface area (Å²) in [7, 11) is 0. The minimum absolute atomic E-state index is 0.128. The van der Waals surface area contributed by atoms with Crippen LogP contribution >= 0.6 is 0 Å². The molecule has 1 rings (SSSR count). The summed E-state index contributed by atoms with van der Waals surface area (Å²) in [6, 6.07) is 6.21. The van der Waals surface area contributed by atoms with Gasteiger partial charge in [0.2, 0.25) is 0 Å². The number of rotatable bonds is 2. The predicted molar refractivity (Wildman–Crippen MR) is 71.6 cm³/mol. The third-order valence-electron chi connectivity index (χ3n) is 2.47. The highest BCUT2D eigenvalue weighted by Crippen LogP contribution is 2.13. The second-order valence-electron chi connectivity index (χ2n) is 3.73. The molecular weight excluding hydrogens is 196 g/mol. The zero-order valence-electron chi connectivity index (χ0n) is 11.2. The van der Waals surface area contributed by atoms with Gasteiger partial charge < -0.3 is 0 Å². The molecule has 0 N–H and O–H groups in total. The highest BCUT2D eigenvalue weighted by molar-refractivity contribution is 5.97. The zero-order valence-corrected chi connectivity index (χ0v) is 11.2. The van der Waals surface area contributed by atoms with E-state index < -0.39 is 0 Å². The Morgan fingerprint density at radius 1 is 1.06 bits per heavy atom. The summed E-state index contributed by atoms with van der Waals surface area (Å²) in [6.45, 7) is 11.6. The van der Waals surface area contributed by atoms with Crippen molar-refractivity contribution in [1.82, 2.24) is 0 Å². The highest BCUT2D eigenvalue weighted by atomic mass is 16.1. The fraction of sp³-hybridized carbons (Fsp3) is 0.400. The van der Waals surface area contributed by atoms with E-state index >= 15 is 0 Å². The number of benzene rings is 1. The van der Waals surface area contributed by atoms with Gasteiger partial charge in [-0.2, -0.15) is 0 Å². The molecule has 0 aliphatic carbocycles. The van der Waals surface area contributed by atoms with E-state index in [1.165, 1.54) is 11.1 Å². The number of Topliss-reactive ketones (excluding diaryl/α,β-unsaturated/α-hetero) is 1. The number of hydrogen-bond acceptors (Lipinski definition) is 1. The van der Waals surface area contributed by atoms with Crippen molar-refractivity contribution in [3.63, 3.8) is 0 Å². The van der Waals surface area contributed by atoms with Crippen molar-refractivity contribution in [3.8, 4) is 0 Å². The molecule has 0 unspecified atom stereocenters. The van der Waals surface area contributed by atoms with Crippen molar-refractivity contribution in [1.29, 1.82) is 0 Å². The van der Waals surface area contributed by atoms with E-state index in [1.54, 1.807) is 6.92 Å². The second-order valence-corrected chi connectivity index (χ2v) is 3.73. The molecule has 0 heterocycles. The standard InChI is InChI=1S/C13H16O.C2H6/c1-9-5-6-13(7-10(9)2)8-11(3)12(4)14;1-2/h5-8H,1-4H3;1-2H3/b11-8+;. The number of hydrogen-bond donors (Lipinski definition) is 0. The average Bonchev–Trinajstić information content (AvgIpc) is 2.26. The van der Waals surface area contributed by atoms with Gasteiger partial charge in [0, 0.05) is 0 Å². The lowest BCUT2D eigenvalue weighted by molar-refractivity contribution is -0.113.